The van der Waals surface area contributed by atoms with Crippen LogP contribution >= 0.6 is 11.6 Å². The van der Waals surface area contributed by atoms with Crippen molar-refractivity contribution in [3.63, 3.8) is 0 Å². The molecule has 0 fully saturated rings. The van der Waals surface area contributed by atoms with E-state index in [-0.39, 0.29) is 11.3 Å². The quantitative estimate of drug-likeness (QED) is 0.534. The Labute approximate surface area is 191 Å². The third-order valence-corrected chi connectivity index (χ3v) is 5.45. The third kappa shape index (κ3) is 3.92. The van der Waals surface area contributed by atoms with E-state index in [0.717, 1.165) is 10.5 Å². The number of carbonyl (C=O) groups is 2. The van der Waals surface area contributed by atoms with Crippen LogP contribution in [0.25, 0.3) is 5.57 Å². The zero-order valence-electron chi connectivity index (χ0n) is 17.8. The second-order valence-electron chi connectivity index (χ2n) is 7.21. The molecule has 0 aliphatic carbocycles. The van der Waals surface area contributed by atoms with Gasteiger partial charge in [-0.15, -0.1) is 0 Å². The van der Waals surface area contributed by atoms with E-state index in [1.807, 2.05) is 6.92 Å². The molecule has 162 valence electrons. The Morgan fingerprint density at radius 1 is 0.844 bits per heavy atom. The summed E-state index contributed by atoms with van der Waals surface area (Å²) in [6.07, 6.45) is 0. The molecule has 1 aliphatic rings. The number of rotatable bonds is 6. The number of hydrogen-bond acceptors (Lipinski definition) is 5. The number of anilines is 2. The molecule has 6 nitrogen and oxygen atoms in total. The lowest BCUT2D eigenvalue weighted by molar-refractivity contribution is -0.120. The molecule has 2 amide bonds. The third-order valence-electron chi connectivity index (χ3n) is 5.21. The van der Waals surface area contributed by atoms with Gasteiger partial charge in [0.1, 0.15) is 17.2 Å². The summed E-state index contributed by atoms with van der Waals surface area (Å²) in [6.45, 7) is 1.83. The van der Waals surface area contributed by atoms with Crippen molar-refractivity contribution in [2.45, 2.75) is 6.92 Å². The second kappa shape index (κ2) is 8.77. The number of benzene rings is 3. The molecule has 3 aromatic rings. The van der Waals surface area contributed by atoms with Crippen LogP contribution in [-0.2, 0) is 9.59 Å². The molecule has 4 rings (SSSR count). The summed E-state index contributed by atoms with van der Waals surface area (Å²) >= 11 is 6.17. The maximum atomic E-state index is 13.6. The first-order chi connectivity index (χ1) is 15.4. The van der Waals surface area contributed by atoms with Gasteiger partial charge in [-0.05, 0) is 54.4 Å². The first-order valence-electron chi connectivity index (χ1n) is 9.87. The monoisotopic (exact) mass is 448 g/mol. The van der Waals surface area contributed by atoms with Gasteiger partial charge in [-0.2, -0.15) is 0 Å². The Balaban J connectivity index is 1.84. The van der Waals surface area contributed by atoms with E-state index in [0.29, 0.717) is 33.5 Å². The van der Waals surface area contributed by atoms with Gasteiger partial charge in [0.15, 0.2) is 0 Å². The van der Waals surface area contributed by atoms with Gasteiger partial charge in [-0.1, -0.05) is 35.9 Å². The normalized spacial score (nSPS) is 13.6. The number of methoxy groups -OCH3 is 2. The summed E-state index contributed by atoms with van der Waals surface area (Å²) in [5, 5.41) is 3.57. The van der Waals surface area contributed by atoms with Gasteiger partial charge in [-0.3, -0.25) is 9.59 Å². The van der Waals surface area contributed by atoms with E-state index >= 15 is 0 Å². The minimum Gasteiger partial charge on any atom is -0.497 e. The van der Waals surface area contributed by atoms with Crippen LogP contribution in [0.1, 0.15) is 11.1 Å². The fraction of sp³-hybridized carbons (Fsp3) is 0.120. The molecule has 0 bridgehead atoms. The molecule has 0 radical (unpaired) electrons. The van der Waals surface area contributed by atoms with Crippen LogP contribution in [0.5, 0.6) is 11.5 Å². The van der Waals surface area contributed by atoms with E-state index in [4.69, 9.17) is 21.1 Å². The highest BCUT2D eigenvalue weighted by Crippen LogP contribution is 2.36. The van der Waals surface area contributed by atoms with Crippen LogP contribution in [-0.4, -0.2) is 26.0 Å². The van der Waals surface area contributed by atoms with Crippen LogP contribution in [0.4, 0.5) is 11.4 Å². The van der Waals surface area contributed by atoms with Crippen LogP contribution in [0.3, 0.4) is 0 Å². The summed E-state index contributed by atoms with van der Waals surface area (Å²) in [4.78, 5) is 28.3. The summed E-state index contributed by atoms with van der Waals surface area (Å²) in [5.74, 6) is 0.377. The van der Waals surface area contributed by atoms with E-state index < -0.39 is 11.8 Å². The van der Waals surface area contributed by atoms with E-state index in [2.05, 4.69) is 5.32 Å². The number of nitrogens with zero attached hydrogens (tertiary/aromatic N) is 1. The number of halogens is 1. The Bertz CT molecular complexity index is 1230. The van der Waals surface area contributed by atoms with Crippen LogP contribution in [0.15, 0.2) is 72.4 Å². The summed E-state index contributed by atoms with van der Waals surface area (Å²) in [5.41, 5.74) is 2.86. The van der Waals surface area contributed by atoms with Gasteiger partial charge < -0.3 is 14.8 Å². The fourth-order valence-corrected chi connectivity index (χ4v) is 3.72. The molecular formula is C25H21ClN2O4. The molecule has 7 heteroatoms. The van der Waals surface area contributed by atoms with Gasteiger partial charge >= 0.3 is 0 Å². The number of imide groups is 1. The zero-order chi connectivity index (χ0) is 22.8. The molecule has 32 heavy (non-hydrogen) atoms. The molecule has 1 aliphatic heterocycles. The molecule has 3 aromatic carbocycles. The summed E-state index contributed by atoms with van der Waals surface area (Å²) < 4.78 is 10.5. The highest BCUT2D eigenvalue weighted by atomic mass is 35.5. The molecule has 1 heterocycles. The lowest BCUT2D eigenvalue weighted by atomic mass is 10.0. The highest BCUT2D eigenvalue weighted by molar-refractivity contribution is 6.46. The predicted molar refractivity (Wildman–Crippen MR) is 125 cm³/mol. The topological polar surface area (TPSA) is 67.9 Å². The van der Waals surface area contributed by atoms with Gasteiger partial charge in [-0.25, -0.2) is 4.90 Å². The molecule has 1 N–H and O–H groups in total. The predicted octanol–water partition coefficient (Wildman–Crippen LogP) is 5.06. The van der Waals surface area contributed by atoms with Crippen LogP contribution < -0.4 is 19.7 Å². The first-order valence-corrected chi connectivity index (χ1v) is 10.3. The van der Waals surface area contributed by atoms with Gasteiger partial charge in [0, 0.05) is 16.8 Å². The maximum absolute atomic E-state index is 13.6. The van der Waals surface area contributed by atoms with Crippen molar-refractivity contribution in [1.29, 1.82) is 0 Å². The van der Waals surface area contributed by atoms with Crippen molar-refractivity contribution >= 4 is 40.4 Å². The highest BCUT2D eigenvalue weighted by Gasteiger charge is 2.41. The summed E-state index contributed by atoms with van der Waals surface area (Å²) in [6, 6.07) is 19.3. The summed E-state index contributed by atoms with van der Waals surface area (Å²) in [7, 11) is 3.13. The molecule has 0 aromatic heterocycles. The number of hydrogen-bond donors (Lipinski definition) is 1. The van der Waals surface area contributed by atoms with Crippen molar-refractivity contribution in [3.8, 4) is 11.5 Å². The molecule has 0 unspecified atom stereocenters. The van der Waals surface area contributed by atoms with Gasteiger partial charge in [0.05, 0.1) is 25.5 Å². The molecule has 0 atom stereocenters. The maximum Gasteiger partial charge on any atom is 0.282 e. The number of amides is 2. The van der Waals surface area contributed by atoms with Crippen molar-refractivity contribution in [2.75, 3.05) is 24.4 Å². The number of carbonyl (C=O) groups excluding carboxylic acids is 2. The first kappa shape index (κ1) is 21.5. The van der Waals surface area contributed by atoms with Crippen LogP contribution in [0, 0.1) is 6.92 Å². The minimum atomic E-state index is -0.464. The SMILES string of the molecule is COc1ccc(C2=C(Nc3cccc(OC)c3)C(=O)N(c3cc(Cl)ccc3C)C2=O)cc1. The van der Waals surface area contributed by atoms with Gasteiger partial charge in [0.2, 0.25) is 0 Å². The molecule has 0 saturated heterocycles. The fourth-order valence-electron chi connectivity index (χ4n) is 3.56. The Morgan fingerprint density at radius 2 is 1.56 bits per heavy atom. The average molecular weight is 449 g/mol. The van der Waals surface area contributed by atoms with E-state index in [9.17, 15) is 9.59 Å². The van der Waals surface area contributed by atoms with Crippen molar-refractivity contribution in [3.05, 3.63) is 88.6 Å². The lowest BCUT2D eigenvalue weighted by Gasteiger charge is -2.18. The average Bonchev–Trinajstić information content (AvgIpc) is 3.05. The Morgan fingerprint density at radius 3 is 2.25 bits per heavy atom. The minimum absolute atomic E-state index is 0.174. The number of aryl methyl sites for hydroxylation is 1. The molecule has 0 saturated carbocycles. The smallest absolute Gasteiger partial charge is 0.282 e. The largest absolute Gasteiger partial charge is 0.497 e. The second-order valence-corrected chi connectivity index (χ2v) is 7.65. The van der Waals surface area contributed by atoms with E-state index in [1.165, 1.54) is 0 Å². The zero-order valence-corrected chi connectivity index (χ0v) is 18.6. The number of nitrogens with one attached hydrogen (secondary N) is 1. The lowest BCUT2D eigenvalue weighted by Crippen LogP contribution is -2.33. The molecule has 0 spiro atoms. The van der Waals surface area contributed by atoms with Crippen LogP contribution in [0.2, 0.25) is 5.02 Å². The van der Waals surface area contributed by atoms with E-state index in [1.54, 1.807) is 80.9 Å². The standard InChI is InChI=1S/C25H21ClN2O4/c1-15-7-10-17(26)13-21(15)28-24(29)22(16-8-11-19(31-2)12-9-16)23(25(28)30)27-18-5-4-6-20(14-18)32-3/h4-14,27H,1-3H3. The Hall–Kier alpha value is -3.77. The van der Waals surface area contributed by atoms with Crippen molar-refractivity contribution < 1.29 is 19.1 Å². The Kier molecular flexibility index (Phi) is 5.88. The van der Waals surface area contributed by atoms with Crippen molar-refractivity contribution in [2.24, 2.45) is 0 Å². The molecular weight excluding hydrogens is 428 g/mol. The van der Waals surface area contributed by atoms with Gasteiger partial charge in [0.25, 0.3) is 11.8 Å². The van der Waals surface area contributed by atoms with Crippen molar-refractivity contribution in [1.82, 2.24) is 0 Å². The number of ether oxygens (including phenoxy) is 2.